The number of nitrogens with one attached hydrogen (secondary N) is 4. The molecule has 0 fully saturated rings. The fourth-order valence-corrected chi connectivity index (χ4v) is 11.9. The van der Waals surface area contributed by atoms with E-state index in [1.165, 1.54) is 79.9 Å². The first-order chi connectivity index (χ1) is 65.1. The standard InChI is InChI=1S/C23H15F7N2O5.2C22H12ClF7N2O4.C21H13F5N2O3/c1-11(33)12-7-13(10-31-9-12)32-21(34)19-17(6-4-15(20(19)24)22(25,26)27)36-16-5-3-14(8-18(16)35-2)37-23(28,29)30;23-14-9-12(36-22(28,29)30)4-6-15(14)35-16-7-5-13(21(25,26)27)18(24)17(16)20(34)32-11-3-1-2-10(8-11)19(31)33;23-14-9-12(4-6-15(14)36-22(28,29)30)35-16-7-5-13(21(25,26)27)18(24)17(16)20(34)32-11-3-1-2-10(8-11)19(31)33;22-12-4-6-14(7-5-12)31-16-9-8-15(21(24,25)26)18(23)17(16)20(30)28-13-3-1-2-11(10-13)19(27)29/h3-10H,1-2H3,(H,32,34);2*1-9H,(H2,31,33)(H,32,34);1-10H,(H2,27,29)(H,28,30). The Labute approximate surface area is 775 Å². The third kappa shape index (κ3) is 29.4. The summed E-state index contributed by atoms with van der Waals surface area (Å²) in [6, 6.07) is 32.1. The van der Waals surface area contributed by atoms with Gasteiger partial charge in [-0.3, -0.25) is 43.3 Å². The summed E-state index contributed by atoms with van der Waals surface area (Å²) in [7, 11) is 1.05. The number of Topliss-reactive ketones (excluding diaryl/α,β-unsaturated/α-hetero) is 1. The molecule has 0 unspecified atom stereocenters. The van der Waals surface area contributed by atoms with Crippen LogP contribution in [-0.4, -0.2) is 78.3 Å². The summed E-state index contributed by atoms with van der Waals surface area (Å²) in [5.41, 5.74) is 3.48. The second-order valence-corrected chi connectivity index (χ2v) is 28.2. The summed E-state index contributed by atoms with van der Waals surface area (Å²) in [5, 5.41) is 7.56. The summed E-state index contributed by atoms with van der Waals surface area (Å²) in [6.07, 6.45) is -33.5. The van der Waals surface area contributed by atoms with Crippen LogP contribution in [0.3, 0.4) is 0 Å². The van der Waals surface area contributed by atoms with Crippen molar-refractivity contribution in [2.75, 3.05) is 28.4 Å². The second kappa shape index (κ2) is 43.8. The van der Waals surface area contributed by atoms with Crippen LogP contribution in [0.5, 0.6) is 69.0 Å². The summed E-state index contributed by atoms with van der Waals surface area (Å²) < 4.78 is 381. The molecule has 10 N–H and O–H groups in total. The topological polar surface area (TPSA) is 349 Å². The lowest BCUT2D eigenvalue weighted by Crippen LogP contribution is -2.19. The van der Waals surface area contributed by atoms with Gasteiger partial charge in [-0.2, -0.15) is 52.7 Å². The fourth-order valence-electron chi connectivity index (χ4n) is 11.5. The van der Waals surface area contributed by atoms with Gasteiger partial charge in [0.25, 0.3) is 23.6 Å². The average molecular weight is 2040 g/mol. The fraction of sp³-hybridized carbons (Fsp3) is 0.102. The van der Waals surface area contributed by atoms with Gasteiger partial charge in [-0.25, -0.2) is 22.0 Å². The van der Waals surface area contributed by atoms with Crippen molar-refractivity contribution < 1.29 is 190 Å². The lowest BCUT2D eigenvalue weighted by molar-refractivity contribution is -0.275. The molecule has 12 rings (SSSR count). The zero-order valence-electron chi connectivity index (χ0n) is 69.1. The van der Waals surface area contributed by atoms with Gasteiger partial charge in [-0.05, 0) is 177 Å². The molecule has 1 aromatic heterocycles. The Kier molecular flexibility index (Phi) is 33.6. The highest BCUT2D eigenvalue weighted by Gasteiger charge is 2.43. The van der Waals surface area contributed by atoms with E-state index < -0.39 is 221 Å². The minimum Gasteiger partial charge on any atom is -0.493 e. The van der Waals surface area contributed by atoms with Crippen molar-refractivity contribution in [2.45, 2.75) is 50.7 Å². The number of benzene rings is 11. The first-order valence-corrected chi connectivity index (χ1v) is 38.3. The van der Waals surface area contributed by atoms with Gasteiger partial charge in [-0.1, -0.05) is 41.4 Å². The molecule has 0 aliphatic carbocycles. The quantitative estimate of drug-likeness (QED) is 0.0218. The third-order valence-corrected chi connectivity index (χ3v) is 18.1. The molecule has 24 nitrogen and oxygen atoms in total. The summed E-state index contributed by atoms with van der Waals surface area (Å²) >= 11 is 11.6. The maximum atomic E-state index is 15.0. The Morgan fingerprint density at radius 1 is 0.300 bits per heavy atom. The molecule has 0 radical (unpaired) electrons. The molecular weight excluding hydrogens is 1990 g/mol. The number of hydrogen-bond acceptors (Lipinski definition) is 17. The lowest BCUT2D eigenvalue weighted by atomic mass is 10.1. The van der Waals surface area contributed by atoms with E-state index in [1.807, 2.05) is 0 Å². The highest BCUT2D eigenvalue weighted by Crippen LogP contribution is 2.47. The monoisotopic (exact) mass is 2040 g/mol. The number of pyridine rings is 1. The van der Waals surface area contributed by atoms with Gasteiger partial charge >= 0.3 is 43.8 Å². The zero-order valence-corrected chi connectivity index (χ0v) is 70.6. The average Bonchev–Trinajstić information content (AvgIpc) is 0.809. The highest BCUT2D eigenvalue weighted by atomic mass is 35.5. The van der Waals surface area contributed by atoms with Crippen LogP contribution in [0.2, 0.25) is 10.0 Å². The number of ketones is 1. The number of primary amides is 3. The third-order valence-electron chi connectivity index (χ3n) is 17.5. The van der Waals surface area contributed by atoms with E-state index in [0.29, 0.717) is 48.5 Å². The SMILES string of the molecule is COc1cc(OC(F)(F)F)ccc1Oc1ccc(C(F)(F)F)c(F)c1C(=O)Nc1cncc(C(C)=O)c1.NC(=O)c1cccc(NC(=O)c2c(Oc3ccc(F)cc3)ccc(C(F)(F)F)c2F)c1.NC(=O)c1cccc(NC(=O)c2c(Oc3ccc(OC(F)(F)F)c(Cl)c3)ccc(C(F)(F)F)c2F)c1.NC(=O)c1cccc(NC(=O)c2c(Oc3ccc(OC(F)(F)F)cc3Cl)ccc(C(F)(F)F)c2F)c1. The number of halogens is 28. The Balaban J connectivity index is 0.000000209. The molecular formula is C88H52Cl2F26N8O16. The van der Waals surface area contributed by atoms with E-state index in [0.717, 1.165) is 104 Å². The molecule has 0 bridgehead atoms. The molecule has 11 aromatic carbocycles. The molecule has 140 heavy (non-hydrogen) atoms. The Morgan fingerprint density at radius 3 is 0.929 bits per heavy atom. The number of methoxy groups -OCH3 is 1. The van der Waals surface area contributed by atoms with Crippen LogP contribution in [0, 0.1) is 29.1 Å². The van der Waals surface area contributed by atoms with Crippen molar-refractivity contribution in [3.63, 3.8) is 0 Å². The second-order valence-electron chi connectivity index (χ2n) is 27.4. The zero-order chi connectivity index (χ0) is 104. The number of alkyl halides is 21. The predicted molar refractivity (Wildman–Crippen MR) is 439 cm³/mol. The van der Waals surface area contributed by atoms with Gasteiger partial charge in [0.1, 0.15) is 85.6 Å². The van der Waals surface area contributed by atoms with Crippen LogP contribution in [0.4, 0.5) is 137 Å². The van der Waals surface area contributed by atoms with Crippen molar-refractivity contribution in [1.82, 2.24) is 4.98 Å². The van der Waals surface area contributed by atoms with Crippen molar-refractivity contribution >= 4 is 93.1 Å². The first-order valence-electron chi connectivity index (χ1n) is 37.6. The van der Waals surface area contributed by atoms with Gasteiger partial charge < -0.3 is 76.4 Å². The molecule has 52 heteroatoms. The van der Waals surface area contributed by atoms with Crippen molar-refractivity contribution in [3.05, 3.63) is 325 Å². The number of aromatic nitrogens is 1. The Bertz CT molecular complexity index is 6720. The number of anilines is 4. The van der Waals surface area contributed by atoms with Crippen LogP contribution in [-0.2, 0) is 24.7 Å². The van der Waals surface area contributed by atoms with Crippen LogP contribution in [0.25, 0.3) is 0 Å². The number of amides is 7. The summed E-state index contributed by atoms with van der Waals surface area (Å²) in [4.78, 5) is 100. The molecule has 0 saturated heterocycles. The van der Waals surface area contributed by atoms with Gasteiger partial charge in [-0.15, -0.1) is 39.5 Å². The van der Waals surface area contributed by atoms with E-state index in [9.17, 15) is 148 Å². The van der Waals surface area contributed by atoms with Crippen LogP contribution < -0.4 is 76.4 Å². The number of carbonyl (C=O) groups is 8. The smallest absolute Gasteiger partial charge is 0.493 e. The highest BCUT2D eigenvalue weighted by molar-refractivity contribution is 6.32. The minimum atomic E-state index is -5.18. The number of rotatable bonds is 24. The molecule has 1 heterocycles. The van der Waals surface area contributed by atoms with Gasteiger partial charge in [0, 0.05) is 63.7 Å². The first kappa shape index (κ1) is 107. The van der Waals surface area contributed by atoms with E-state index in [-0.39, 0.29) is 68.0 Å². The molecule has 0 atom stereocenters. The van der Waals surface area contributed by atoms with Crippen molar-refractivity contribution in [3.8, 4) is 69.0 Å². The number of carbonyl (C=O) groups excluding carboxylic acids is 8. The predicted octanol–water partition coefficient (Wildman–Crippen LogP) is 24.6. The Hall–Kier alpha value is -16.3. The number of nitrogens with zero attached hydrogens (tertiary/aromatic N) is 1. The lowest BCUT2D eigenvalue weighted by Gasteiger charge is -2.18. The normalized spacial score (nSPS) is 11.5. The maximum Gasteiger partial charge on any atom is 0.573 e. The van der Waals surface area contributed by atoms with E-state index in [4.69, 9.17) is 64.1 Å². The maximum absolute atomic E-state index is 15.0. The number of ether oxygens (including phenoxy) is 8. The van der Waals surface area contributed by atoms with Crippen LogP contribution >= 0.6 is 23.2 Å². The molecule has 0 aliphatic rings. The van der Waals surface area contributed by atoms with Crippen molar-refractivity contribution in [1.29, 1.82) is 0 Å². The molecule has 7 amide bonds. The van der Waals surface area contributed by atoms with Crippen LogP contribution in [0.1, 0.15) is 112 Å². The Morgan fingerprint density at radius 2 is 0.593 bits per heavy atom. The number of nitrogens with two attached hydrogens (primary N) is 3. The molecule has 12 aromatic rings. The largest absolute Gasteiger partial charge is 0.573 e. The molecule has 0 aliphatic heterocycles. The molecule has 0 saturated carbocycles. The van der Waals surface area contributed by atoms with E-state index in [2.05, 4.69) is 40.5 Å². The summed E-state index contributed by atoms with van der Waals surface area (Å²) in [5.74, 6) is -23.3. The van der Waals surface area contributed by atoms with Gasteiger partial charge in [0.05, 0.1) is 51.3 Å². The number of hydrogen-bond donors (Lipinski definition) is 7. The molecule has 0 spiro atoms. The summed E-state index contributed by atoms with van der Waals surface area (Å²) in [6.45, 7) is 1.21. The van der Waals surface area contributed by atoms with Crippen molar-refractivity contribution in [2.24, 2.45) is 17.2 Å². The van der Waals surface area contributed by atoms with Gasteiger partial charge in [0.2, 0.25) is 17.7 Å². The van der Waals surface area contributed by atoms with Crippen LogP contribution in [0.15, 0.2) is 219 Å². The van der Waals surface area contributed by atoms with E-state index in [1.54, 1.807) is 0 Å². The van der Waals surface area contributed by atoms with E-state index >= 15 is 4.39 Å². The van der Waals surface area contributed by atoms with Gasteiger partial charge in [0.15, 0.2) is 40.6 Å². The molecule has 736 valence electrons. The minimum absolute atomic E-state index is 0.00848.